The lowest BCUT2D eigenvalue weighted by atomic mass is 9.99. The molecule has 0 spiro atoms. The Morgan fingerprint density at radius 1 is 1.44 bits per heavy atom. The van der Waals surface area contributed by atoms with Gasteiger partial charge < -0.3 is 0 Å². The number of nitrogens with zero attached hydrogens (tertiary/aromatic N) is 2. The van der Waals surface area contributed by atoms with Crippen LogP contribution in [0.2, 0.25) is 0 Å². The first-order valence-electron chi connectivity index (χ1n) is 5.40. The summed E-state index contributed by atoms with van der Waals surface area (Å²) in [6.07, 6.45) is 2.00. The third-order valence-corrected chi connectivity index (χ3v) is 4.20. The van der Waals surface area contributed by atoms with Gasteiger partial charge in [-0.15, -0.1) is 0 Å². The van der Waals surface area contributed by atoms with E-state index in [1.54, 1.807) is 0 Å². The van der Waals surface area contributed by atoms with Gasteiger partial charge >= 0.3 is 0 Å². The average Bonchev–Trinajstić information content (AvgIpc) is 2.58. The van der Waals surface area contributed by atoms with Crippen LogP contribution in [0.5, 0.6) is 0 Å². The lowest BCUT2D eigenvalue weighted by Gasteiger charge is -2.24. The first-order chi connectivity index (χ1) is 7.39. The summed E-state index contributed by atoms with van der Waals surface area (Å²) < 4.78 is 24.3. The summed E-state index contributed by atoms with van der Waals surface area (Å²) in [6.45, 7) is 5.18. The van der Waals surface area contributed by atoms with Gasteiger partial charge in [0.15, 0.2) is 0 Å². The highest BCUT2D eigenvalue weighted by Crippen LogP contribution is 2.25. The van der Waals surface area contributed by atoms with Gasteiger partial charge in [0.05, 0.1) is 24.2 Å². The third kappa shape index (κ3) is 1.99. The molecule has 90 valence electrons. The molecule has 0 atom stereocenters. The van der Waals surface area contributed by atoms with Crippen LogP contribution in [-0.2, 0) is 23.0 Å². The van der Waals surface area contributed by atoms with E-state index < -0.39 is 10.0 Å². The number of fused-ring (bicyclic) bond motifs is 1. The maximum absolute atomic E-state index is 11.4. The van der Waals surface area contributed by atoms with Gasteiger partial charge in [-0.2, -0.15) is 9.40 Å². The van der Waals surface area contributed by atoms with Crippen molar-refractivity contribution in [2.75, 3.05) is 12.8 Å². The summed E-state index contributed by atoms with van der Waals surface area (Å²) in [5.41, 5.74) is 3.22. The Hall–Kier alpha value is -0.880. The standard InChI is InChI=1S/C10H17N3O2S/c1-7(2)10-8-4-5-13(16(3,14)15)6-9(8)11-12-10/h7H,4-6H2,1-3H3,(H,11,12). The predicted molar refractivity (Wildman–Crippen MR) is 61.6 cm³/mol. The van der Waals surface area contributed by atoms with Crippen molar-refractivity contribution in [3.05, 3.63) is 17.0 Å². The Morgan fingerprint density at radius 3 is 2.69 bits per heavy atom. The zero-order valence-corrected chi connectivity index (χ0v) is 10.6. The molecule has 1 aliphatic rings. The predicted octanol–water partition coefficient (Wildman–Crippen LogP) is 0.851. The van der Waals surface area contributed by atoms with Crippen LogP contribution < -0.4 is 0 Å². The maximum Gasteiger partial charge on any atom is 0.211 e. The smallest absolute Gasteiger partial charge is 0.211 e. The quantitative estimate of drug-likeness (QED) is 0.837. The molecule has 0 unspecified atom stereocenters. The van der Waals surface area contributed by atoms with Crippen molar-refractivity contribution in [1.82, 2.24) is 14.5 Å². The molecule has 0 radical (unpaired) electrons. The van der Waals surface area contributed by atoms with Crippen LogP contribution in [0.1, 0.15) is 36.7 Å². The first kappa shape index (κ1) is 11.6. The summed E-state index contributed by atoms with van der Waals surface area (Å²) in [5.74, 6) is 0.379. The largest absolute Gasteiger partial charge is 0.281 e. The van der Waals surface area contributed by atoms with E-state index in [1.807, 2.05) is 0 Å². The van der Waals surface area contributed by atoms with Crippen LogP contribution in [0.4, 0.5) is 0 Å². The summed E-state index contributed by atoms with van der Waals surface area (Å²) >= 11 is 0. The second-order valence-electron chi connectivity index (χ2n) is 4.57. The minimum Gasteiger partial charge on any atom is -0.281 e. The van der Waals surface area contributed by atoms with E-state index in [4.69, 9.17) is 0 Å². The Bertz CT molecular complexity index is 490. The zero-order chi connectivity index (χ0) is 11.9. The van der Waals surface area contributed by atoms with E-state index in [2.05, 4.69) is 24.0 Å². The fourth-order valence-electron chi connectivity index (χ4n) is 2.08. The molecule has 0 aromatic carbocycles. The number of H-pyrrole nitrogens is 1. The number of rotatable bonds is 2. The number of sulfonamides is 1. The van der Waals surface area contributed by atoms with Crippen molar-refractivity contribution in [2.45, 2.75) is 32.7 Å². The molecule has 2 heterocycles. The van der Waals surface area contributed by atoms with Crippen molar-refractivity contribution >= 4 is 10.0 Å². The molecule has 0 saturated heterocycles. The average molecular weight is 243 g/mol. The molecular weight excluding hydrogens is 226 g/mol. The van der Waals surface area contributed by atoms with E-state index in [-0.39, 0.29) is 0 Å². The van der Waals surface area contributed by atoms with Gasteiger partial charge in [0.1, 0.15) is 0 Å². The molecule has 0 fully saturated rings. The monoisotopic (exact) mass is 243 g/mol. The van der Waals surface area contributed by atoms with Gasteiger partial charge in [-0.05, 0) is 17.9 Å². The van der Waals surface area contributed by atoms with E-state index in [1.165, 1.54) is 16.1 Å². The molecule has 2 rings (SSSR count). The Labute approximate surface area is 95.9 Å². The van der Waals surface area contributed by atoms with Crippen molar-refractivity contribution in [3.8, 4) is 0 Å². The van der Waals surface area contributed by atoms with Gasteiger partial charge in [0.2, 0.25) is 10.0 Å². The van der Waals surface area contributed by atoms with E-state index in [9.17, 15) is 8.42 Å². The Kier molecular flexibility index (Phi) is 2.79. The van der Waals surface area contributed by atoms with Crippen LogP contribution in [0.3, 0.4) is 0 Å². The summed E-state index contributed by atoms with van der Waals surface area (Å²) in [7, 11) is -3.09. The fraction of sp³-hybridized carbons (Fsp3) is 0.700. The number of aromatic amines is 1. The van der Waals surface area contributed by atoms with Crippen molar-refractivity contribution in [1.29, 1.82) is 0 Å². The van der Waals surface area contributed by atoms with Gasteiger partial charge in [0.25, 0.3) is 0 Å². The second-order valence-corrected chi connectivity index (χ2v) is 6.55. The second kappa shape index (κ2) is 3.85. The lowest BCUT2D eigenvalue weighted by Crippen LogP contribution is -2.35. The maximum atomic E-state index is 11.4. The molecule has 0 amide bonds. The van der Waals surface area contributed by atoms with Crippen LogP contribution in [-0.4, -0.2) is 35.7 Å². The van der Waals surface area contributed by atoms with Gasteiger partial charge in [0, 0.05) is 6.54 Å². The Morgan fingerprint density at radius 2 is 2.12 bits per heavy atom. The molecule has 6 heteroatoms. The van der Waals surface area contributed by atoms with Gasteiger partial charge in [-0.25, -0.2) is 8.42 Å². The molecule has 1 aromatic heterocycles. The van der Waals surface area contributed by atoms with E-state index in [0.29, 0.717) is 19.0 Å². The van der Waals surface area contributed by atoms with Crippen LogP contribution >= 0.6 is 0 Å². The number of hydrogen-bond donors (Lipinski definition) is 1. The van der Waals surface area contributed by atoms with Gasteiger partial charge in [-0.1, -0.05) is 13.8 Å². The summed E-state index contributed by atoms with van der Waals surface area (Å²) in [6, 6.07) is 0. The van der Waals surface area contributed by atoms with E-state index in [0.717, 1.165) is 17.8 Å². The number of nitrogens with one attached hydrogen (secondary N) is 1. The first-order valence-corrected chi connectivity index (χ1v) is 7.25. The third-order valence-electron chi connectivity index (χ3n) is 2.95. The molecule has 1 aliphatic heterocycles. The molecule has 1 N–H and O–H groups in total. The molecule has 16 heavy (non-hydrogen) atoms. The molecule has 0 saturated carbocycles. The minimum atomic E-state index is -3.09. The molecule has 1 aromatic rings. The number of hydrogen-bond acceptors (Lipinski definition) is 3. The van der Waals surface area contributed by atoms with Gasteiger partial charge in [-0.3, -0.25) is 5.10 Å². The SMILES string of the molecule is CC(C)c1n[nH]c2c1CCN(S(C)(=O)=O)C2. The van der Waals surface area contributed by atoms with Crippen molar-refractivity contribution in [2.24, 2.45) is 0 Å². The highest BCUT2D eigenvalue weighted by atomic mass is 32.2. The minimum absolute atomic E-state index is 0.379. The zero-order valence-electron chi connectivity index (χ0n) is 9.82. The molecule has 5 nitrogen and oxygen atoms in total. The van der Waals surface area contributed by atoms with Crippen molar-refractivity contribution in [3.63, 3.8) is 0 Å². The summed E-state index contributed by atoms with van der Waals surface area (Å²) in [5, 5.41) is 7.22. The van der Waals surface area contributed by atoms with E-state index >= 15 is 0 Å². The lowest BCUT2D eigenvalue weighted by molar-refractivity contribution is 0.390. The van der Waals surface area contributed by atoms with Crippen LogP contribution in [0, 0.1) is 0 Å². The Balaban J connectivity index is 2.30. The molecule has 0 aliphatic carbocycles. The molecule has 0 bridgehead atoms. The summed E-state index contributed by atoms with van der Waals surface area (Å²) in [4.78, 5) is 0. The van der Waals surface area contributed by atoms with Crippen LogP contribution in [0.25, 0.3) is 0 Å². The van der Waals surface area contributed by atoms with Crippen molar-refractivity contribution < 1.29 is 8.42 Å². The van der Waals surface area contributed by atoms with Crippen LogP contribution in [0.15, 0.2) is 0 Å². The molecular formula is C10H17N3O2S. The number of aromatic nitrogens is 2. The highest BCUT2D eigenvalue weighted by molar-refractivity contribution is 7.88. The topological polar surface area (TPSA) is 66.1 Å². The fourth-order valence-corrected chi connectivity index (χ4v) is 2.87. The highest BCUT2D eigenvalue weighted by Gasteiger charge is 2.27. The normalized spacial score (nSPS) is 17.8.